The van der Waals surface area contributed by atoms with Crippen LogP contribution in [0.4, 0.5) is 0 Å². The molecule has 104 valence electrons. The standard InChI is InChI=1S/C19H17NS/c1-19(2,20)14-7-8-15-16-9-12-5-3-4-6-13(12)10-17(16)21-18(15)11-14/h3-11H,20H2,1-2H3. The fourth-order valence-corrected chi connectivity index (χ4v) is 4.04. The van der Waals surface area contributed by atoms with Gasteiger partial charge in [-0.3, -0.25) is 0 Å². The Morgan fingerprint density at radius 2 is 1.48 bits per heavy atom. The van der Waals surface area contributed by atoms with Crippen molar-refractivity contribution in [2.45, 2.75) is 19.4 Å². The Morgan fingerprint density at radius 1 is 0.810 bits per heavy atom. The summed E-state index contributed by atoms with van der Waals surface area (Å²) in [7, 11) is 0. The molecule has 0 unspecified atom stereocenters. The van der Waals surface area contributed by atoms with Gasteiger partial charge in [0.2, 0.25) is 0 Å². The van der Waals surface area contributed by atoms with E-state index in [9.17, 15) is 0 Å². The summed E-state index contributed by atoms with van der Waals surface area (Å²) < 4.78 is 2.66. The highest BCUT2D eigenvalue weighted by Crippen LogP contribution is 2.37. The van der Waals surface area contributed by atoms with Crippen LogP contribution in [-0.2, 0) is 5.54 Å². The number of benzene rings is 3. The second kappa shape index (κ2) is 4.30. The molecule has 0 radical (unpaired) electrons. The molecule has 2 N–H and O–H groups in total. The Morgan fingerprint density at radius 3 is 2.19 bits per heavy atom. The Hall–Kier alpha value is -1.90. The molecule has 0 amide bonds. The third-order valence-corrected chi connectivity index (χ3v) is 5.20. The van der Waals surface area contributed by atoms with Crippen LogP contribution in [-0.4, -0.2) is 0 Å². The zero-order valence-electron chi connectivity index (χ0n) is 12.2. The first-order chi connectivity index (χ1) is 10.0. The molecule has 0 aliphatic heterocycles. The van der Waals surface area contributed by atoms with E-state index in [0.29, 0.717) is 0 Å². The maximum Gasteiger partial charge on any atom is 0.0361 e. The summed E-state index contributed by atoms with van der Waals surface area (Å²) in [6.45, 7) is 4.10. The van der Waals surface area contributed by atoms with Crippen molar-refractivity contribution in [1.29, 1.82) is 0 Å². The van der Waals surface area contributed by atoms with Crippen LogP contribution in [0, 0.1) is 0 Å². The fraction of sp³-hybridized carbons (Fsp3) is 0.158. The number of hydrogen-bond acceptors (Lipinski definition) is 2. The molecule has 4 aromatic rings. The van der Waals surface area contributed by atoms with Gasteiger partial charge in [-0.1, -0.05) is 36.4 Å². The lowest BCUT2D eigenvalue weighted by Gasteiger charge is -2.18. The lowest BCUT2D eigenvalue weighted by atomic mass is 9.95. The molecule has 0 aliphatic carbocycles. The molecule has 0 bridgehead atoms. The molecule has 0 spiro atoms. The van der Waals surface area contributed by atoms with Gasteiger partial charge in [0.05, 0.1) is 0 Å². The third-order valence-electron chi connectivity index (χ3n) is 4.08. The van der Waals surface area contributed by atoms with E-state index in [0.717, 1.165) is 0 Å². The summed E-state index contributed by atoms with van der Waals surface area (Å²) in [5, 5.41) is 5.27. The van der Waals surface area contributed by atoms with Crippen LogP contribution < -0.4 is 5.73 Å². The molecule has 0 saturated carbocycles. The number of thiophene rings is 1. The molecular formula is C19H17NS. The normalized spacial score (nSPS) is 12.5. The molecule has 0 fully saturated rings. The van der Waals surface area contributed by atoms with Crippen LogP contribution in [0.1, 0.15) is 19.4 Å². The third kappa shape index (κ3) is 2.03. The van der Waals surface area contributed by atoms with Gasteiger partial charge in [-0.25, -0.2) is 0 Å². The van der Waals surface area contributed by atoms with E-state index in [-0.39, 0.29) is 5.54 Å². The number of nitrogens with two attached hydrogens (primary N) is 1. The summed E-state index contributed by atoms with van der Waals surface area (Å²) in [5.74, 6) is 0. The van der Waals surface area contributed by atoms with E-state index >= 15 is 0 Å². The highest BCUT2D eigenvalue weighted by Gasteiger charge is 2.15. The van der Waals surface area contributed by atoms with E-state index < -0.39 is 0 Å². The second-order valence-electron chi connectivity index (χ2n) is 6.23. The summed E-state index contributed by atoms with van der Waals surface area (Å²) in [6.07, 6.45) is 0. The highest BCUT2D eigenvalue weighted by atomic mass is 32.1. The summed E-state index contributed by atoms with van der Waals surface area (Å²) in [4.78, 5) is 0. The molecule has 0 atom stereocenters. The Balaban J connectivity index is 2.07. The molecular weight excluding hydrogens is 274 g/mol. The highest BCUT2D eigenvalue weighted by molar-refractivity contribution is 7.25. The lowest BCUT2D eigenvalue weighted by Crippen LogP contribution is -2.28. The predicted octanol–water partition coefficient (Wildman–Crippen LogP) is 5.40. The predicted molar refractivity (Wildman–Crippen MR) is 94.1 cm³/mol. The van der Waals surface area contributed by atoms with E-state index in [1.165, 1.54) is 36.5 Å². The van der Waals surface area contributed by atoms with E-state index in [1.807, 2.05) is 11.3 Å². The average Bonchev–Trinajstić information content (AvgIpc) is 2.80. The first-order valence-electron chi connectivity index (χ1n) is 7.17. The van der Waals surface area contributed by atoms with Crippen LogP contribution in [0.2, 0.25) is 0 Å². The minimum atomic E-state index is -0.297. The van der Waals surface area contributed by atoms with Crippen molar-refractivity contribution < 1.29 is 0 Å². The van der Waals surface area contributed by atoms with Gasteiger partial charge in [-0.15, -0.1) is 11.3 Å². The molecule has 4 rings (SSSR count). The summed E-state index contributed by atoms with van der Waals surface area (Å²) in [5.41, 5.74) is 7.12. The molecule has 0 aliphatic rings. The quantitative estimate of drug-likeness (QED) is 0.499. The zero-order chi connectivity index (χ0) is 14.6. The number of hydrogen-bond donors (Lipinski definition) is 1. The molecule has 0 saturated heterocycles. The van der Waals surface area contributed by atoms with Gasteiger partial charge >= 0.3 is 0 Å². The average molecular weight is 291 g/mol. The van der Waals surface area contributed by atoms with E-state index in [4.69, 9.17) is 5.73 Å². The number of fused-ring (bicyclic) bond motifs is 4. The van der Waals surface area contributed by atoms with Crippen molar-refractivity contribution in [2.24, 2.45) is 5.73 Å². The minimum Gasteiger partial charge on any atom is -0.322 e. The SMILES string of the molecule is CC(C)(N)c1ccc2c(c1)sc1cc3ccccc3cc12. The molecule has 1 aromatic heterocycles. The van der Waals surface area contributed by atoms with Crippen LogP contribution in [0.5, 0.6) is 0 Å². The Bertz CT molecular complexity index is 973. The van der Waals surface area contributed by atoms with Gasteiger partial charge in [-0.2, -0.15) is 0 Å². The van der Waals surface area contributed by atoms with Crippen molar-refractivity contribution in [1.82, 2.24) is 0 Å². The first-order valence-corrected chi connectivity index (χ1v) is 7.98. The fourth-order valence-electron chi connectivity index (χ4n) is 2.86. The smallest absolute Gasteiger partial charge is 0.0361 e. The monoisotopic (exact) mass is 291 g/mol. The van der Waals surface area contributed by atoms with Crippen molar-refractivity contribution in [3.63, 3.8) is 0 Å². The minimum absolute atomic E-state index is 0.297. The van der Waals surface area contributed by atoms with Gasteiger partial charge < -0.3 is 5.73 Å². The molecule has 2 heteroatoms. The van der Waals surface area contributed by atoms with Crippen molar-refractivity contribution in [2.75, 3.05) is 0 Å². The Kier molecular flexibility index (Phi) is 2.62. The second-order valence-corrected chi connectivity index (χ2v) is 7.31. The first kappa shape index (κ1) is 12.8. The molecule has 21 heavy (non-hydrogen) atoms. The van der Waals surface area contributed by atoms with Crippen LogP contribution in [0.3, 0.4) is 0 Å². The molecule has 3 aromatic carbocycles. The Labute approximate surface area is 128 Å². The van der Waals surface area contributed by atoms with Gasteiger partial charge in [-0.05, 0) is 48.4 Å². The summed E-state index contributed by atoms with van der Waals surface area (Å²) >= 11 is 1.85. The van der Waals surface area contributed by atoms with Crippen LogP contribution in [0.15, 0.2) is 54.6 Å². The molecule has 1 heterocycles. The largest absolute Gasteiger partial charge is 0.322 e. The van der Waals surface area contributed by atoms with Crippen molar-refractivity contribution in [3.05, 3.63) is 60.2 Å². The summed E-state index contributed by atoms with van der Waals surface area (Å²) in [6, 6.07) is 19.7. The van der Waals surface area contributed by atoms with E-state index in [2.05, 4.69) is 68.4 Å². The van der Waals surface area contributed by atoms with Gasteiger partial charge in [0.15, 0.2) is 0 Å². The van der Waals surface area contributed by atoms with E-state index in [1.54, 1.807) is 0 Å². The van der Waals surface area contributed by atoms with Crippen molar-refractivity contribution >= 4 is 42.3 Å². The molecule has 1 nitrogen and oxygen atoms in total. The van der Waals surface area contributed by atoms with Gasteiger partial charge in [0.1, 0.15) is 0 Å². The van der Waals surface area contributed by atoms with Crippen molar-refractivity contribution in [3.8, 4) is 0 Å². The topological polar surface area (TPSA) is 26.0 Å². The number of rotatable bonds is 1. The zero-order valence-corrected chi connectivity index (χ0v) is 13.0. The maximum absolute atomic E-state index is 6.23. The lowest BCUT2D eigenvalue weighted by molar-refractivity contribution is 0.555. The van der Waals surface area contributed by atoms with Gasteiger partial charge in [0, 0.05) is 25.7 Å². The van der Waals surface area contributed by atoms with Crippen LogP contribution >= 0.6 is 11.3 Å². The van der Waals surface area contributed by atoms with Gasteiger partial charge in [0.25, 0.3) is 0 Å². The van der Waals surface area contributed by atoms with Crippen LogP contribution in [0.25, 0.3) is 30.9 Å². The maximum atomic E-state index is 6.23.